The van der Waals surface area contributed by atoms with Gasteiger partial charge in [0, 0.05) is 23.4 Å². The summed E-state index contributed by atoms with van der Waals surface area (Å²) in [5, 5.41) is 2.75. The van der Waals surface area contributed by atoms with Crippen LogP contribution >= 0.6 is 0 Å². The molecule has 1 heterocycles. The first-order valence-corrected chi connectivity index (χ1v) is 11.0. The Bertz CT molecular complexity index is 1250. The lowest BCUT2D eigenvalue weighted by Gasteiger charge is -2.28. The van der Waals surface area contributed by atoms with Crippen LogP contribution in [0.2, 0.25) is 0 Å². The molecule has 0 saturated carbocycles. The van der Waals surface area contributed by atoms with E-state index in [-0.39, 0.29) is 17.4 Å². The Labute approximate surface area is 197 Å². The van der Waals surface area contributed by atoms with Crippen LogP contribution < -0.4 is 5.32 Å². The van der Waals surface area contributed by atoms with Crippen molar-refractivity contribution in [3.8, 4) is 11.1 Å². The Morgan fingerprint density at radius 2 is 1.71 bits per heavy atom. The Morgan fingerprint density at radius 1 is 1.00 bits per heavy atom. The van der Waals surface area contributed by atoms with E-state index in [2.05, 4.69) is 5.32 Å². The first kappa shape index (κ1) is 23.2. The highest BCUT2D eigenvalue weighted by Gasteiger charge is 2.38. The number of anilines is 1. The SMILES string of the molecule is COC(=O)C(C(C)C)N1Cc2ccc(-c3ccc(NC(=O)c4cccc(F)c4)cc3)cc2C1=O. The third-order valence-electron chi connectivity index (χ3n) is 5.91. The van der Waals surface area contributed by atoms with E-state index in [1.54, 1.807) is 23.1 Å². The number of carbonyl (C=O) groups is 3. The van der Waals surface area contributed by atoms with Gasteiger partial charge in [-0.2, -0.15) is 0 Å². The molecule has 4 rings (SSSR count). The summed E-state index contributed by atoms with van der Waals surface area (Å²) in [5.41, 5.74) is 3.94. The molecule has 0 bridgehead atoms. The number of fused-ring (bicyclic) bond motifs is 1. The molecule has 34 heavy (non-hydrogen) atoms. The molecule has 1 unspecified atom stereocenters. The highest BCUT2D eigenvalue weighted by Crippen LogP contribution is 2.32. The van der Waals surface area contributed by atoms with Crippen LogP contribution in [0.15, 0.2) is 66.7 Å². The molecule has 3 aromatic carbocycles. The number of hydrogen-bond donors (Lipinski definition) is 1. The van der Waals surface area contributed by atoms with Gasteiger partial charge in [-0.25, -0.2) is 9.18 Å². The topological polar surface area (TPSA) is 75.7 Å². The van der Waals surface area contributed by atoms with Gasteiger partial charge in [-0.3, -0.25) is 9.59 Å². The average molecular weight is 461 g/mol. The molecule has 0 saturated heterocycles. The van der Waals surface area contributed by atoms with E-state index in [4.69, 9.17) is 4.74 Å². The molecule has 3 aromatic rings. The van der Waals surface area contributed by atoms with Crippen LogP contribution in [-0.4, -0.2) is 35.8 Å². The van der Waals surface area contributed by atoms with Crippen molar-refractivity contribution in [2.45, 2.75) is 26.4 Å². The summed E-state index contributed by atoms with van der Waals surface area (Å²) >= 11 is 0. The Kier molecular flexibility index (Phi) is 6.45. The Morgan fingerprint density at radius 3 is 2.35 bits per heavy atom. The molecule has 1 N–H and O–H groups in total. The fraction of sp³-hybridized carbons (Fsp3) is 0.222. The molecule has 6 nitrogen and oxygen atoms in total. The standard InChI is InChI=1S/C27H25FN2O4/c1-16(2)24(27(33)34-3)30-15-20-8-7-18(14-23(20)26(30)32)17-9-11-22(12-10-17)29-25(31)19-5-4-6-21(28)13-19/h4-14,16,24H,15H2,1-3H3,(H,29,31). The van der Waals surface area contributed by atoms with E-state index in [9.17, 15) is 18.8 Å². The zero-order chi connectivity index (χ0) is 24.4. The number of nitrogens with one attached hydrogen (secondary N) is 1. The van der Waals surface area contributed by atoms with Crippen molar-refractivity contribution in [3.05, 3.63) is 89.2 Å². The molecular formula is C27H25FN2O4. The second-order valence-corrected chi connectivity index (χ2v) is 8.56. The van der Waals surface area contributed by atoms with Crippen LogP contribution in [0, 0.1) is 11.7 Å². The fourth-order valence-corrected chi connectivity index (χ4v) is 4.19. The molecule has 0 aromatic heterocycles. The van der Waals surface area contributed by atoms with Gasteiger partial charge >= 0.3 is 5.97 Å². The Hall–Kier alpha value is -4.00. The lowest BCUT2D eigenvalue weighted by molar-refractivity contribution is -0.147. The van der Waals surface area contributed by atoms with E-state index < -0.39 is 23.7 Å². The molecule has 2 amide bonds. The highest BCUT2D eigenvalue weighted by molar-refractivity contribution is 6.04. The molecular weight excluding hydrogens is 435 g/mol. The maximum Gasteiger partial charge on any atom is 0.328 e. The van der Waals surface area contributed by atoms with Crippen LogP contribution in [0.4, 0.5) is 10.1 Å². The third-order valence-corrected chi connectivity index (χ3v) is 5.91. The van der Waals surface area contributed by atoms with Gasteiger partial charge in [-0.05, 0) is 59.0 Å². The highest BCUT2D eigenvalue weighted by atomic mass is 19.1. The summed E-state index contributed by atoms with van der Waals surface area (Å²) in [6.07, 6.45) is 0. The normalized spacial score (nSPS) is 13.6. The van der Waals surface area contributed by atoms with Gasteiger partial charge in [-0.1, -0.05) is 44.2 Å². The summed E-state index contributed by atoms with van der Waals surface area (Å²) < 4.78 is 18.3. The Balaban J connectivity index is 1.52. The maximum absolute atomic E-state index is 13.4. The van der Waals surface area contributed by atoms with Crippen molar-refractivity contribution in [1.29, 1.82) is 0 Å². The molecule has 0 fully saturated rings. The second-order valence-electron chi connectivity index (χ2n) is 8.56. The molecule has 0 aliphatic carbocycles. The number of halogens is 1. The van der Waals surface area contributed by atoms with Crippen LogP contribution in [0.25, 0.3) is 11.1 Å². The number of hydrogen-bond acceptors (Lipinski definition) is 4. The van der Waals surface area contributed by atoms with Gasteiger partial charge in [0.1, 0.15) is 11.9 Å². The van der Waals surface area contributed by atoms with Crippen LogP contribution in [0.5, 0.6) is 0 Å². The molecule has 7 heteroatoms. The number of amides is 2. The minimum atomic E-state index is -0.644. The molecule has 1 atom stereocenters. The predicted molar refractivity (Wildman–Crippen MR) is 127 cm³/mol. The monoisotopic (exact) mass is 460 g/mol. The minimum Gasteiger partial charge on any atom is -0.467 e. The van der Waals surface area contributed by atoms with E-state index >= 15 is 0 Å². The number of carbonyl (C=O) groups excluding carboxylic acids is 3. The summed E-state index contributed by atoms with van der Waals surface area (Å²) in [7, 11) is 1.33. The quantitative estimate of drug-likeness (QED) is 0.531. The van der Waals surface area contributed by atoms with Crippen LogP contribution in [0.3, 0.4) is 0 Å². The minimum absolute atomic E-state index is 0.0830. The van der Waals surface area contributed by atoms with E-state index in [0.29, 0.717) is 17.8 Å². The van der Waals surface area contributed by atoms with E-state index in [1.165, 1.54) is 25.3 Å². The summed E-state index contributed by atoms with van der Waals surface area (Å²) in [6, 6.07) is 17.7. The van der Waals surface area contributed by atoms with Crippen molar-refractivity contribution >= 4 is 23.5 Å². The van der Waals surface area contributed by atoms with Crippen molar-refractivity contribution < 1.29 is 23.5 Å². The first-order valence-electron chi connectivity index (χ1n) is 11.0. The number of rotatable bonds is 6. The average Bonchev–Trinajstić information content (AvgIpc) is 3.14. The summed E-state index contributed by atoms with van der Waals surface area (Å²) in [6.45, 7) is 4.13. The summed E-state index contributed by atoms with van der Waals surface area (Å²) in [5.74, 6) is -1.58. The smallest absolute Gasteiger partial charge is 0.328 e. The van der Waals surface area contributed by atoms with Crippen molar-refractivity contribution in [1.82, 2.24) is 4.90 Å². The molecule has 1 aliphatic rings. The lowest BCUT2D eigenvalue weighted by atomic mass is 10.00. The third kappa shape index (κ3) is 4.55. The second kappa shape index (κ2) is 9.47. The number of benzene rings is 3. The molecule has 0 radical (unpaired) electrons. The van der Waals surface area contributed by atoms with Crippen molar-refractivity contribution in [2.75, 3.05) is 12.4 Å². The van der Waals surface area contributed by atoms with Crippen molar-refractivity contribution in [2.24, 2.45) is 5.92 Å². The van der Waals surface area contributed by atoms with Crippen LogP contribution in [0.1, 0.15) is 40.1 Å². The number of nitrogens with zero attached hydrogens (tertiary/aromatic N) is 1. The van der Waals surface area contributed by atoms with Gasteiger partial charge < -0.3 is 15.0 Å². The van der Waals surface area contributed by atoms with Gasteiger partial charge in [0.2, 0.25) is 0 Å². The molecule has 174 valence electrons. The van der Waals surface area contributed by atoms with Gasteiger partial charge in [-0.15, -0.1) is 0 Å². The maximum atomic E-state index is 13.4. The molecule has 0 spiro atoms. The van der Waals surface area contributed by atoms with E-state index in [0.717, 1.165) is 16.7 Å². The number of ether oxygens (including phenoxy) is 1. The first-order chi connectivity index (χ1) is 16.3. The zero-order valence-corrected chi connectivity index (χ0v) is 19.2. The van der Waals surface area contributed by atoms with Gasteiger partial charge in [0.15, 0.2) is 0 Å². The summed E-state index contributed by atoms with van der Waals surface area (Å²) in [4.78, 5) is 39.3. The van der Waals surface area contributed by atoms with Gasteiger partial charge in [0.05, 0.1) is 7.11 Å². The predicted octanol–water partition coefficient (Wildman–Crippen LogP) is 4.90. The van der Waals surface area contributed by atoms with Crippen LogP contribution in [-0.2, 0) is 16.1 Å². The number of methoxy groups -OCH3 is 1. The molecule has 1 aliphatic heterocycles. The zero-order valence-electron chi connectivity index (χ0n) is 19.2. The number of esters is 1. The largest absolute Gasteiger partial charge is 0.467 e. The van der Waals surface area contributed by atoms with E-state index in [1.807, 2.05) is 44.2 Å². The lowest BCUT2D eigenvalue weighted by Crippen LogP contribution is -2.45. The van der Waals surface area contributed by atoms with Gasteiger partial charge in [0.25, 0.3) is 11.8 Å². The van der Waals surface area contributed by atoms with Crippen molar-refractivity contribution in [3.63, 3.8) is 0 Å². The fourth-order valence-electron chi connectivity index (χ4n) is 4.19.